The van der Waals surface area contributed by atoms with Crippen molar-refractivity contribution in [2.75, 3.05) is 39.3 Å². The number of hydrogen-bond acceptors (Lipinski definition) is 3. The zero-order valence-electron chi connectivity index (χ0n) is 9.62. The van der Waals surface area contributed by atoms with Gasteiger partial charge in [-0.15, -0.1) is 0 Å². The lowest BCUT2D eigenvalue weighted by Crippen LogP contribution is -2.49. The van der Waals surface area contributed by atoms with E-state index in [2.05, 4.69) is 16.7 Å². The summed E-state index contributed by atoms with van der Waals surface area (Å²) in [5.74, 6) is 0. The Hall–Kier alpha value is -0.410. The molecule has 1 fully saturated rings. The number of nitrogens with zero attached hydrogens (tertiary/aromatic N) is 2. The van der Waals surface area contributed by atoms with Gasteiger partial charge in [-0.3, -0.25) is 4.90 Å². The van der Waals surface area contributed by atoms with Gasteiger partial charge in [-0.1, -0.05) is 20.8 Å². The van der Waals surface area contributed by atoms with E-state index in [-0.39, 0.29) is 5.41 Å². The zero-order chi connectivity index (χ0) is 10.6. The average Bonchev–Trinajstić information content (AvgIpc) is 2.19. The maximum atomic E-state index is 10.8. The summed E-state index contributed by atoms with van der Waals surface area (Å²) in [6, 6.07) is 0. The molecule has 0 spiro atoms. The minimum Gasteiger partial charge on any atom is -0.303 e. The summed E-state index contributed by atoms with van der Waals surface area (Å²) < 4.78 is 0. The Balaban J connectivity index is 2.32. The summed E-state index contributed by atoms with van der Waals surface area (Å²) in [5.41, 5.74) is -0.186. The van der Waals surface area contributed by atoms with E-state index in [1.165, 1.54) is 0 Å². The molecule has 1 saturated heterocycles. The molecule has 0 aromatic rings. The van der Waals surface area contributed by atoms with Crippen molar-refractivity contribution in [3.8, 4) is 0 Å². The van der Waals surface area contributed by atoms with Crippen LogP contribution < -0.4 is 0 Å². The Bertz CT molecular complexity index is 184. The highest BCUT2D eigenvalue weighted by Gasteiger charge is 2.23. The number of likely N-dealkylation sites (N-methyl/N-ethyl adjacent to an activating group) is 1. The molecule has 0 aromatic carbocycles. The third-order valence-electron chi connectivity index (χ3n) is 2.86. The number of carbonyl (C=O) groups is 1. The van der Waals surface area contributed by atoms with Crippen LogP contribution in [0.4, 0.5) is 0 Å². The molecule has 0 aliphatic carbocycles. The van der Waals surface area contributed by atoms with Gasteiger partial charge in [0.15, 0.2) is 0 Å². The van der Waals surface area contributed by atoms with Gasteiger partial charge < -0.3 is 9.69 Å². The van der Waals surface area contributed by atoms with E-state index in [0.717, 1.165) is 45.6 Å². The first-order chi connectivity index (χ1) is 6.57. The van der Waals surface area contributed by atoms with Gasteiger partial charge in [0.05, 0.1) is 0 Å². The number of piperazine rings is 1. The van der Waals surface area contributed by atoms with Gasteiger partial charge >= 0.3 is 0 Å². The summed E-state index contributed by atoms with van der Waals surface area (Å²) in [5, 5.41) is 0. The van der Waals surface area contributed by atoms with Crippen LogP contribution in [0.5, 0.6) is 0 Å². The van der Waals surface area contributed by atoms with Gasteiger partial charge in [0.25, 0.3) is 0 Å². The lowest BCUT2D eigenvalue weighted by Gasteiger charge is -2.36. The Morgan fingerprint density at radius 1 is 1.14 bits per heavy atom. The van der Waals surface area contributed by atoms with Crippen LogP contribution in [-0.4, -0.2) is 55.4 Å². The predicted molar refractivity (Wildman–Crippen MR) is 58.4 cm³/mol. The van der Waals surface area contributed by atoms with Crippen LogP contribution in [0.2, 0.25) is 0 Å². The first-order valence-electron chi connectivity index (χ1n) is 5.48. The largest absolute Gasteiger partial charge is 0.303 e. The predicted octanol–water partition coefficient (Wildman–Crippen LogP) is 0.849. The number of aldehydes is 1. The van der Waals surface area contributed by atoms with E-state index in [4.69, 9.17) is 0 Å². The van der Waals surface area contributed by atoms with Crippen molar-refractivity contribution in [2.24, 2.45) is 5.41 Å². The van der Waals surface area contributed by atoms with Crippen molar-refractivity contribution in [1.29, 1.82) is 0 Å². The molecule has 0 bridgehead atoms. The Kier molecular flexibility index (Phi) is 4.08. The molecule has 1 rings (SSSR count). The SMILES string of the molecule is CCN1CCN(CC(C)(C)C=O)CC1. The van der Waals surface area contributed by atoms with Crippen molar-refractivity contribution in [2.45, 2.75) is 20.8 Å². The Labute approximate surface area is 87.1 Å². The number of carbonyl (C=O) groups excluding carboxylic acids is 1. The number of rotatable bonds is 4. The molecule has 0 atom stereocenters. The van der Waals surface area contributed by atoms with Crippen LogP contribution in [0.25, 0.3) is 0 Å². The molecule has 82 valence electrons. The lowest BCUT2D eigenvalue weighted by atomic mass is 9.95. The van der Waals surface area contributed by atoms with Gasteiger partial charge in [0, 0.05) is 38.1 Å². The molecule has 0 radical (unpaired) electrons. The minimum absolute atomic E-state index is 0.186. The first kappa shape index (κ1) is 11.7. The molecule has 0 N–H and O–H groups in total. The van der Waals surface area contributed by atoms with E-state index >= 15 is 0 Å². The smallest absolute Gasteiger partial charge is 0.126 e. The van der Waals surface area contributed by atoms with Gasteiger partial charge in [0.1, 0.15) is 6.29 Å². The fourth-order valence-electron chi connectivity index (χ4n) is 1.88. The van der Waals surface area contributed by atoms with Crippen molar-refractivity contribution in [3.63, 3.8) is 0 Å². The van der Waals surface area contributed by atoms with Crippen LogP contribution in [0.15, 0.2) is 0 Å². The van der Waals surface area contributed by atoms with E-state index in [9.17, 15) is 4.79 Å². The van der Waals surface area contributed by atoms with Crippen LogP contribution >= 0.6 is 0 Å². The highest BCUT2D eigenvalue weighted by atomic mass is 16.1. The second kappa shape index (κ2) is 4.89. The first-order valence-corrected chi connectivity index (χ1v) is 5.48. The van der Waals surface area contributed by atoms with Crippen molar-refractivity contribution >= 4 is 6.29 Å². The van der Waals surface area contributed by atoms with Gasteiger partial charge in [-0.05, 0) is 6.54 Å². The quantitative estimate of drug-likeness (QED) is 0.626. The summed E-state index contributed by atoms with van der Waals surface area (Å²) in [6.45, 7) is 12.7. The molecular formula is C11H22N2O. The molecule has 1 aliphatic heterocycles. The average molecular weight is 198 g/mol. The fourth-order valence-corrected chi connectivity index (χ4v) is 1.88. The fraction of sp³-hybridized carbons (Fsp3) is 0.909. The highest BCUT2D eigenvalue weighted by molar-refractivity contribution is 5.58. The van der Waals surface area contributed by atoms with Crippen LogP contribution in [-0.2, 0) is 4.79 Å². The van der Waals surface area contributed by atoms with Gasteiger partial charge in [-0.2, -0.15) is 0 Å². The standard InChI is InChI=1S/C11H22N2O/c1-4-12-5-7-13(8-6-12)9-11(2,3)10-14/h10H,4-9H2,1-3H3. The minimum atomic E-state index is -0.186. The molecule has 1 aliphatic rings. The summed E-state index contributed by atoms with van der Waals surface area (Å²) in [6.07, 6.45) is 1.07. The molecule has 0 saturated carbocycles. The van der Waals surface area contributed by atoms with Gasteiger partial charge in [-0.25, -0.2) is 0 Å². The molecule has 0 amide bonds. The maximum Gasteiger partial charge on any atom is 0.126 e. The molecular weight excluding hydrogens is 176 g/mol. The van der Waals surface area contributed by atoms with Crippen molar-refractivity contribution < 1.29 is 4.79 Å². The van der Waals surface area contributed by atoms with E-state index in [1.807, 2.05) is 13.8 Å². The molecule has 14 heavy (non-hydrogen) atoms. The van der Waals surface area contributed by atoms with Crippen molar-refractivity contribution in [3.05, 3.63) is 0 Å². The summed E-state index contributed by atoms with van der Waals surface area (Å²) >= 11 is 0. The molecule has 3 heteroatoms. The van der Waals surface area contributed by atoms with E-state index in [0.29, 0.717) is 0 Å². The summed E-state index contributed by atoms with van der Waals surface area (Å²) in [7, 11) is 0. The van der Waals surface area contributed by atoms with Crippen LogP contribution in [0.3, 0.4) is 0 Å². The van der Waals surface area contributed by atoms with Crippen LogP contribution in [0, 0.1) is 5.41 Å². The monoisotopic (exact) mass is 198 g/mol. The topological polar surface area (TPSA) is 23.6 Å². The van der Waals surface area contributed by atoms with Crippen LogP contribution in [0.1, 0.15) is 20.8 Å². The third-order valence-corrected chi connectivity index (χ3v) is 2.86. The molecule has 1 heterocycles. The molecule has 3 nitrogen and oxygen atoms in total. The van der Waals surface area contributed by atoms with E-state index in [1.54, 1.807) is 0 Å². The second-order valence-electron chi connectivity index (χ2n) is 4.82. The maximum absolute atomic E-state index is 10.8. The Morgan fingerprint density at radius 2 is 1.64 bits per heavy atom. The Morgan fingerprint density at radius 3 is 2.07 bits per heavy atom. The van der Waals surface area contributed by atoms with Gasteiger partial charge in [0.2, 0.25) is 0 Å². The zero-order valence-corrected chi connectivity index (χ0v) is 9.62. The second-order valence-corrected chi connectivity index (χ2v) is 4.82. The highest BCUT2D eigenvalue weighted by Crippen LogP contribution is 2.14. The molecule has 0 unspecified atom stereocenters. The normalized spacial score (nSPS) is 21.1. The van der Waals surface area contributed by atoms with Crippen molar-refractivity contribution in [1.82, 2.24) is 9.80 Å². The third kappa shape index (κ3) is 3.39. The summed E-state index contributed by atoms with van der Waals surface area (Å²) in [4.78, 5) is 15.6. The number of hydrogen-bond donors (Lipinski definition) is 0. The van der Waals surface area contributed by atoms with E-state index < -0.39 is 0 Å². The molecule has 0 aromatic heterocycles. The lowest BCUT2D eigenvalue weighted by molar-refractivity contribution is -0.115.